The summed E-state index contributed by atoms with van der Waals surface area (Å²) in [6, 6.07) is 0.711. The minimum absolute atomic E-state index is 0.504. The summed E-state index contributed by atoms with van der Waals surface area (Å²) >= 11 is 0. The van der Waals surface area contributed by atoms with Crippen molar-refractivity contribution in [1.82, 2.24) is 9.80 Å². The van der Waals surface area contributed by atoms with Gasteiger partial charge in [0.25, 0.3) is 0 Å². The predicted octanol–water partition coefficient (Wildman–Crippen LogP) is 1.44. The molecule has 0 radical (unpaired) electrons. The van der Waals surface area contributed by atoms with Crippen molar-refractivity contribution in [3.8, 4) is 0 Å². The van der Waals surface area contributed by atoms with E-state index in [4.69, 9.17) is 4.74 Å². The first-order chi connectivity index (χ1) is 7.66. The molecule has 94 valence electrons. The minimum atomic E-state index is 0.504. The molecule has 0 N–H and O–H groups in total. The Morgan fingerprint density at radius 3 is 2.75 bits per heavy atom. The van der Waals surface area contributed by atoms with Gasteiger partial charge >= 0.3 is 0 Å². The van der Waals surface area contributed by atoms with Crippen LogP contribution in [-0.4, -0.2) is 61.8 Å². The third-order valence-corrected chi connectivity index (χ3v) is 3.97. The zero-order valence-electron chi connectivity index (χ0n) is 11.0. The monoisotopic (exact) mass is 226 g/mol. The summed E-state index contributed by atoms with van der Waals surface area (Å²) in [5.74, 6) is 0.740. The van der Waals surface area contributed by atoms with Crippen molar-refractivity contribution < 1.29 is 4.74 Å². The average molecular weight is 226 g/mol. The SMILES string of the molecule is CC(C)[C@H]1CN(C)CCN1C[C@@H]1CCCO1. The quantitative estimate of drug-likeness (QED) is 0.724. The van der Waals surface area contributed by atoms with E-state index in [9.17, 15) is 0 Å². The van der Waals surface area contributed by atoms with Crippen LogP contribution in [-0.2, 0) is 4.74 Å². The van der Waals surface area contributed by atoms with Crippen LogP contribution >= 0.6 is 0 Å². The molecule has 0 bridgehead atoms. The molecule has 0 aromatic carbocycles. The number of rotatable bonds is 3. The molecule has 3 heteroatoms. The van der Waals surface area contributed by atoms with Crippen LogP contribution in [0.5, 0.6) is 0 Å². The second-order valence-electron chi connectivity index (χ2n) is 5.70. The van der Waals surface area contributed by atoms with Gasteiger partial charge in [0.1, 0.15) is 0 Å². The lowest BCUT2D eigenvalue weighted by atomic mass is 9.99. The molecule has 2 fully saturated rings. The zero-order chi connectivity index (χ0) is 11.5. The Balaban J connectivity index is 1.89. The Kier molecular flexibility index (Phi) is 4.22. The number of nitrogens with zero attached hydrogens (tertiary/aromatic N) is 2. The highest BCUT2D eigenvalue weighted by Crippen LogP contribution is 2.20. The maximum absolute atomic E-state index is 5.76. The molecule has 2 aliphatic heterocycles. The van der Waals surface area contributed by atoms with E-state index in [1.54, 1.807) is 0 Å². The normalized spacial score (nSPS) is 33.8. The van der Waals surface area contributed by atoms with Crippen molar-refractivity contribution >= 4 is 0 Å². The fourth-order valence-corrected chi connectivity index (χ4v) is 2.90. The molecule has 2 atom stereocenters. The minimum Gasteiger partial charge on any atom is -0.377 e. The fraction of sp³-hybridized carbons (Fsp3) is 1.00. The van der Waals surface area contributed by atoms with Crippen LogP contribution < -0.4 is 0 Å². The molecule has 2 heterocycles. The Hall–Kier alpha value is -0.120. The van der Waals surface area contributed by atoms with Gasteiger partial charge in [-0.2, -0.15) is 0 Å². The maximum Gasteiger partial charge on any atom is 0.0702 e. The standard InChI is InChI=1S/C13H26N2O/c1-11(2)13-10-14(3)6-7-15(13)9-12-5-4-8-16-12/h11-13H,4-10H2,1-3H3/t12-,13+/m0/s1. The number of ether oxygens (including phenoxy) is 1. The highest BCUT2D eigenvalue weighted by Gasteiger charge is 2.30. The number of hydrogen-bond acceptors (Lipinski definition) is 3. The molecule has 3 nitrogen and oxygen atoms in total. The van der Waals surface area contributed by atoms with Gasteiger partial charge in [0.05, 0.1) is 6.10 Å². The van der Waals surface area contributed by atoms with Gasteiger partial charge in [-0.1, -0.05) is 13.8 Å². The van der Waals surface area contributed by atoms with E-state index in [1.807, 2.05) is 0 Å². The molecular weight excluding hydrogens is 200 g/mol. The van der Waals surface area contributed by atoms with Crippen LogP contribution in [0.25, 0.3) is 0 Å². The van der Waals surface area contributed by atoms with Crippen LogP contribution in [0.4, 0.5) is 0 Å². The van der Waals surface area contributed by atoms with E-state index >= 15 is 0 Å². The van der Waals surface area contributed by atoms with Crippen molar-refractivity contribution in [2.45, 2.75) is 38.8 Å². The van der Waals surface area contributed by atoms with Gasteiger partial charge in [0, 0.05) is 38.8 Å². The maximum atomic E-state index is 5.76. The number of likely N-dealkylation sites (N-methyl/N-ethyl adjacent to an activating group) is 1. The van der Waals surface area contributed by atoms with Gasteiger partial charge < -0.3 is 9.64 Å². The molecule has 0 unspecified atom stereocenters. The van der Waals surface area contributed by atoms with E-state index in [2.05, 4.69) is 30.7 Å². The van der Waals surface area contributed by atoms with Crippen molar-refractivity contribution in [3.63, 3.8) is 0 Å². The van der Waals surface area contributed by atoms with Crippen molar-refractivity contribution in [2.75, 3.05) is 39.8 Å². The molecule has 0 aromatic rings. The van der Waals surface area contributed by atoms with E-state index in [0.717, 1.165) is 19.1 Å². The summed E-state index contributed by atoms with van der Waals surface area (Å²) in [5.41, 5.74) is 0. The summed E-state index contributed by atoms with van der Waals surface area (Å²) in [6.45, 7) is 10.4. The van der Waals surface area contributed by atoms with Crippen LogP contribution in [0.3, 0.4) is 0 Å². The fourth-order valence-electron chi connectivity index (χ4n) is 2.90. The molecule has 0 spiro atoms. The van der Waals surface area contributed by atoms with Crippen LogP contribution in [0.1, 0.15) is 26.7 Å². The Morgan fingerprint density at radius 2 is 2.12 bits per heavy atom. The summed E-state index contributed by atoms with van der Waals surface area (Å²) in [7, 11) is 2.23. The molecule has 0 saturated carbocycles. The third-order valence-electron chi connectivity index (χ3n) is 3.97. The number of hydrogen-bond donors (Lipinski definition) is 0. The lowest BCUT2D eigenvalue weighted by Gasteiger charge is -2.43. The molecular formula is C13H26N2O. The van der Waals surface area contributed by atoms with Gasteiger partial charge in [-0.15, -0.1) is 0 Å². The average Bonchev–Trinajstić information content (AvgIpc) is 2.73. The van der Waals surface area contributed by atoms with Crippen LogP contribution in [0.2, 0.25) is 0 Å². The summed E-state index contributed by atoms with van der Waals surface area (Å²) in [5, 5.41) is 0. The van der Waals surface area contributed by atoms with Crippen LogP contribution in [0, 0.1) is 5.92 Å². The van der Waals surface area contributed by atoms with E-state index in [0.29, 0.717) is 12.1 Å². The molecule has 2 saturated heterocycles. The number of piperazine rings is 1. The van der Waals surface area contributed by atoms with Gasteiger partial charge in [-0.05, 0) is 25.8 Å². The lowest BCUT2D eigenvalue weighted by molar-refractivity contribution is 0.0121. The zero-order valence-corrected chi connectivity index (χ0v) is 11.0. The van der Waals surface area contributed by atoms with Crippen LogP contribution in [0.15, 0.2) is 0 Å². The van der Waals surface area contributed by atoms with Crippen molar-refractivity contribution in [2.24, 2.45) is 5.92 Å². The Morgan fingerprint density at radius 1 is 1.31 bits per heavy atom. The first-order valence-corrected chi connectivity index (χ1v) is 6.71. The Bertz CT molecular complexity index is 214. The van der Waals surface area contributed by atoms with E-state index in [1.165, 1.54) is 32.5 Å². The molecule has 16 heavy (non-hydrogen) atoms. The van der Waals surface area contributed by atoms with E-state index in [-0.39, 0.29) is 0 Å². The molecule has 0 amide bonds. The smallest absolute Gasteiger partial charge is 0.0702 e. The van der Waals surface area contributed by atoms with E-state index < -0.39 is 0 Å². The third kappa shape index (κ3) is 2.96. The predicted molar refractivity (Wildman–Crippen MR) is 66.7 cm³/mol. The van der Waals surface area contributed by atoms with Gasteiger partial charge in [-0.25, -0.2) is 0 Å². The van der Waals surface area contributed by atoms with Gasteiger partial charge in [0.2, 0.25) is 0 Å². The van der Waals surface area contributed by atoms with Gasteiger partial charge in [0.15, 0.2) is 0 Å². The Labute approximate surface area is 99.7 Å². The second kappa shape index (κ2) is 5.48. The molecule has 0 aromatic heterocycles. The highest BCUT2D eigenvalue weighted by atomic mass is 16.5. The summed E-state index contributed by atoms with van der Waals surface area (Å²) < 4.78 is 5.76. The lowest BCUT2D eigenvalue weighted by Crippen LogP contribution is -2.55. The summed E-state index contributed by atoms with van der Waals surface area (Å²) in [6.07, 6.45) is 3.02. The molecule has 2 rings (SSSR count). The highest BCUT2D eigenvalue weighted by molar-refractivity contribution is 4.85. The largest absolute Gasteiger partial charge is 0.377 e. The first-order valence-electron chi connectivity index (χ1n) is 6.71. The summed E-state index contributed by atoms with van der Waals surface area (Å²) in [4.78, 5) is 5.11. The second-order valence-corrected chi connectivity index (χ2v) is 5.70. The van der Waals surface area contributed by atoms with Crippen molar-refractivity contribution in [3.05, 3.63) is 0 Å². The topological polar surface area (TPSA) is 15.7 Å². The van der Waals surface area contributed by atoms with Crippen molar-refractivity contribution in [1.29, 1.82) is 0 Å². The molecule has 0 aliphatic carbocycles. The first kappa shape index (κ1) is 12.3. The molecule has 2 aliphatic rings. The van der Waals surface area contributed by atoms with Gasteiger partial charge in [-0.3, -0.25) is 4.90 Å².